The first-order valence-electron chi connectivity index (χ1n) is 4.29. The third-order valence-electron chi connectivity index (χ3n) is 1.76. The third kappa shape index (κ3) is 2.89. The topological polar surface area (TPSA) is 29.5 Å². The molecule has 0 atom stereocenters. The largest absolute Gasteiger partial charge is 0.494 e. The number of halogens is 1. The average Bonchev–Trinajstić information content (AvgIpc) is 2.21. The van der Waals surface area contributed by atoms with Gasteiger partial charge in [-0.2, -0.15) is 11.8 Å². The Morgan fingerprint density at radius 2 is 2.29 bits per heavy atom. The van der Waals surface area contributed by atoms with Gasteiger partial charge in [-0.1, -0.05) is 12.1 Å². The Morgan fingerprint density at radius 1 is 1.50 bits per heavy atom. The summed E-state index contributed by atoms with van der Waals surface area (Å²) in [5.74, 6) is 1.15. The lowest BCUT2D eigenvalue weighted by molar-refractivity contribution is 0.322. The number of benzene rings is 1. The zero-order valence-corrected chi connectivity index (χ0v) is 8.81. The van der Waals surface area contributed by atoms with Crippen LogP contribution in [-0.4, -0.2) is 24.6 Å². The van der Waals surface area contributed by atoms with E-state index in [1.165, 1.54) is 18.9 Å². The molecule has 0 aliphatic carbocycles. The molecule has 1 aromatic carbocycles. The van der Waals surface area contributed by atoms with E-state index in [0.717, 1.165) is 0 Å². The maximum absolute atomic E-state index is 13.5. The molecule has 0 amide bonds. The summed E-state index contributed by atoms with van der Waals surface area (Å²) in [6.07, 6.45) is 0. The minimum absolute atomic E-state index is 0.121. The Morgan fingerprint density at radius 3 is 2.93 bits per heavy atom. The fourth-order valence-corrected chi connectivity index (χ4v) is 1.79. The van der Waals surface area contributed by atoms with Crippen LogP contribution in [0.2, 0.25) is 0 Å². The van der Waals surface area contributed by atoms with Crippen LogP contribution in [0.4, 0.5) is 4.39 Å². The van der Waals surface area contributed by atoms with E-state index in [0.29, 0.717) is 17.1 Å². The number of aliphatic hydroxyl groups excluding tert-OH is 1. The van der Waals surface area contributed by atoms with Crippen molar-refractivity contribution in [3.63, 3.8) is 0 Å². The highest BCUT2D eigenvalue weighted by atomic mass is 32.2. The number of hydrogen-bond donors (Lipinski definition) is 1. The first-order valence-corrected chi connectivity index (χ1v) is 5.45. The van der Waals surface area contributed by atoms with Crippen molar-refractivity contribution in [2.75, 3.05) is 19.5 Å². The van der Waals surface area contributed by atoms with Crippen LogP contribution in [0.25, 0.3) is 0 Å². The summed E-state index contributed by atoms with van der Waals surface area (Å²) in [5, 5.41) is 8.58. The quantitative estimate of drug-likeness (QED) is 0.764. The van der Waals surface area contributed by atoms with Crippen LogP contribution in [-0.2, 0) is 5.75 Å². The highest BCUT2D eigenvalue weighted by molar-refractivity contribution is 7.98. The van der Waals surface area contributed by atoms with Gasteiger partial charge < -0.3 is 9.84 Å². The van der Waals surface area contributed by atoms with Crippen molar-refractivity contribution in [2.45, 2.75) is 5.75 Å². The molecule has 2 nitrogen and oxygen atoms in total. The van der Waals surface area contributed by atoms with E-state index >= 15 is 0 Å². The fraction of sp³-hybridized carbons (Fsp3) is 0.400. The SMILES string of the molecule is COc1cccc(CSCCO)c1F. The Labute approximate surface area is 87.1 Å². The van der Waals surface area contributed by atoms with E-state index in [2.05, 4.69) is 0 Å². The van der Waals surface area contributed by atoms with Crippen molar-refractivity contribution in [2.24, 2.45) is 0 Å². The molecule has 0 saturated carbocycles. The van der Waals surface area contributed by atoms with Crippen molar-refractivity contribution in [3.8, 4) is 5.75 Å². The van der Waals surface area contributed by atoms with Gasteiger partial charge in [-0.25, -0.2) is 4.39 Å². The minimum Gasteiger partial charge on any atom is -0.494 e. The van der Waals surface area contributed by atoms with Gasteiger partial charge in [0.25, 0.3) is 0 Å². The molecule has 0 aliphatic rings. The highest BCUT2D eigenvalue weighted by Gasteiger charge is 2.07. The highest BCUT2D eigenvalue weighted by Crippen LogP contribution is 2.23. The van der Waals surface area contributed by atoms with E-state index in [-0.39, 0.29) is 18.2 Å². The summed E-state index contributed by atoms with van der Waals surface area (Å²) in [5.41, 5.74) is 0.614. The van der Waals surface area contributed by atoms with Gasteiger partial charge in [0.2, 0.25) is 0 Å². The van der Waals surface area contributed by atoms with E-state index in [1.54, 1.807) is 18.2 Å². The van der Waals surface area contributed by atoms with Crippen molar-refractivity contribution in [1.29, 1.82) is 0 Å². The lowest BCUT2D eigenvalue weighted by atomic mass is 10.2. The molecule has 1 N–H and O–H groups in total. The number of thioether (sulfide) groups is 1. The van der Waals surface area contributed by atoms with Crippen LogP contribution in [0.3, 0.4) is 0 Å². The molecule has 0 heterocycles. The van der Waals surface area contributed by atoms with E-state index in [4.69, 9.17) is 9.84 Å². The fourth-order valence-electron chi connectivity index (χ4n) is 1.07. The monoisotopic (exact) mass is 216 g/mol. The average molecular weight is 216 g/mol. The van der Waals surface area contributed by atoms with Gasteiger partial charge in [-0.05, 0) is 6.07 Å². The molecule has 0 saturated heterocycles. The summed E-state index contributed by atoms with van der Waals surface area (Å²) in [6.45, 7) is 0.121. The van der Waals surface area contributed by atoms with Gasteiger partial charge in [0.15, 0.2) is 11.6 Å². The molecule has 14 heavy (non-hydrogen) atoms. The van der Waals surface area contributed by atoms with E-state index in [1.807, 2.05) is 0 Å². The van der Waals surface area contributed by atoms with Crippen molar-refractivity contribution >= 4 is 11.8 Å². The van der Waals surface area contributed by atoms with Crippen molar-refractivity contribution < 1.29 is 14.2 Å². The number of hydrogen-bond acceptors (Lipinski definition) is 3. The third-order valence-corrected chi connectivity index (χ3v) is 2.74. The summed E-state index contributed by atoms with van der Waals surface area (Å²) in [6, 6.07) is 5.08. The van der Waals surface area contributed by atoms with Gasteiger partial charge in [0, 0.05) is 17.1 Å². The van der Waals surface area contributed by atoms with E-state index < -0.39 is 0 Å². The molecule has 0 fully saturated rings. The zero-order valence-electron chi connectivity index (χ0n) is 8.00. The number of rotatable bonds is 5. The second-order valence-corrected chi connectivity index (χ2v) is 3.81. The Hall–Kier alpha value is -0.740. The molecular weight excluding hydrogens is 203 g/mol. The standard InChI is InChI=1S/C10H13FO2S/c1-13-9-4-2-3-8(10(9)11)7-14-6-5-12/h2-4,12H,5-7H2,1H3. The van der Waals surface area contributed by atoms with Crippen molar-refractivity contribution in [3.05, 3.63) is 29.6 Å². The van der Waals surface area contributed by atoms with Gasteiger partial charge in [0.1, 0.15) is 0 Å². The van der Waals surface area contributed by atoms with Crippen LogP contribution < -0.4 is 4.74 Å². The Kier molecular flexibility index (Phi) is 4.76. The first-order chi connectivity index (χ1) is 6.79. The maximum atomic E-state index is 13.5. The second-order valence-electron chi connectivity index (χ2n) is 2.71. The Balaban J connectivity index is 2.66. The molecule has 0 radical (unpaired) electrons. The van der Waals surface area contributed by atoms with Crippen LogP contribution >= 0.6 is 11.8 Å². The smallest absolute Gasteiger partial charge is 0.169 e. The number of ether oxygens (including phenoxy) is 1. The van der Waals surface area contributed by atoms with Crippen LogP contribution in [0.5, 0.6) is 5.75 Å². The van der Waals surface area contributed by atoms with Gasteiger partial charge in [0.05, 0.1) is 13.7 Å². The molecule has 4 heteroatoms. The molecule has 0 spiro atoms. The summed E-state index contributed by atoms with van der Waals surface area (Å²) >= 11 is 1.49. The lowest BCUT2D eigenvalue weighted by Gasteiger charge is -2.06. The number of aliphatic hydroxyl groups is 1. The normalized spacial score (nSPS) is 10.2. The van der Waals surface area contributed by atoms with Gasteiger partial charge >= 0.3 is 0 Å². The molecule has 1 rings (SSSR count). The Bertz CT molecular complexity index is 291. The minimum atomic E-state index is -0.305. The molecule has 0 unspecified atom stereocenters. The molecule has 0 aliphatic heterocycles. The number of methoxy groups -OCH3 is 1. The maximum Gasteiger partial charge on any atom is 0.169 e. The van der Waals surface area contributed by atoms with E-state index in [9.17, 15) is 4.39 Å². The molecule has 0 bridgehead atoms. The van der Waals surface area contributed by atoms with Crippen LogP contribution in [0.15, 0.2) is 18.2 Å². The van der Waals surface area contributed by atoms with Gasteiger partial charge in [-0.15, -0.1) is 0 Å². The predicted octanol–water partition coefficient (Wildman–Crippen LogP) is 2.06. The molecule has 1 aromatic rings. The van der Waals surface area contributed by atoms with Gasteiger partial charge in [-0.3, -0.25) is 0 Å². The summed E-state index contributed by atoms with van der Waals surface area (Å²) in [7, 11) is 1.45. The molecular formula is C10H13FO2S. The summed E-state index contributed by atoms with van der Waals surface area (Å²) < 4.78 is 18.4. The van der Waals surface area contributed by atoms with Crippen LogP contribution in [0.1, 0.15) is 5.56 Å². The van der Waals surface area contributed by atoms with Crippen LogP contribution in [0, 0.1) is 5.82 Å². The zero-order chi connectivity index (χ0) is 10.4. The predicted molar refractivity (Wildman–Crippen MR) is 56.2 cm³/mol. The van der Waals surface area contributed by atoms with Crippen molar-refractivity contribution in [1.82, 2.24) is 0 Å². The first kappa shape index (κ1) is 11.3. The molecule has 78 valence electrons. The molecule has 0 aromatic heterocycles. The lowest BCUT2D eigenvalue weighted by Crippen LogP contribution is -1.94. The summed E-state index contributed by atoms with van der Waals surface area (Å²) in [4.78, 5) is 0. The second kappa shape index (κ2) is 5.88.